The zero-order chi connectivity index (χ0) is 62.8. The highest BCUT2D eigenvalue weighted by Crippen LogP contribution is 2.24. The first kappa shape index (κ1) is 69.5. The summed E-state index contributed by atoms with van der Waals surface area (Å²) < 4.78 is 80.9. The molecule has 7 aromatic carbocycles. The van der Waals surface area contributed by atoms with Crippen molar-refractivity contribution in [2.75, 3.05) is 29.0 Å². The van der Waals surface area contributed by atoms with Gasteiger partial charge in [0.05, 0.1) is 31.9 Å². The molecule has 462 valence electrons. The number of nitrogens with two attached hydrogens (primary N) is 1. The Morgan fingerprint density at radius 3 is 1.30 bits per heavy atom. The number of hydrogen-bond acceptors (Lipinski definition) is 11. The zero-order valence-electron chi connectivity index (χ0n) is 51.6. The summed E-state index contributed by atoms with van der Waals surface area (Å²) in [6.45, 7) is 17.0. The van der Waals surface area contributed by atoms with Crippen LogP contribution in [0.25, 0.3) is 0 Å². The molecule has 16 heteroatoms. The van der Waals surface area contributed by atoms with Gasteiger partial charge in [-0.2, -0.15) is 0 Å². The summed E-state index contributed by atoms with van der Waals surface area (Å²) >= 11 is 0. The summed E-state index contributed by atoms with van der Waals surface area (Å²) in [5.74, 6) is -0.606. The molecule has 0 radical (unpaired) electrons. The number of unbranched alkanes of at least 4 members (excludes halogenated alkanes) is 8. The SMILES string of the molecule is CCCCCCCN(C(=O)N[C@H](Cc1ccccc1)C(=O)OC(C)(C)C)c1ccc(CS(=O)(=O)c2ccc(C)cc2)cc1.CCCCCCCNc1ccc(CS(=O)(=O)c2ccc(C)cc2)cc1.Cc1ccc(S(=O)(=O)Cc2ccc(N)cc2)cc1. The van der Waals surface area contributed by atoms with Crippen LogP contribution in [0.1, 0.15) is 138 Å². The van der Waals surface area contributed by atoms with Gasteiger partial charge < -0.3 is 21.1 Å². The van der Waals surface area contributed by atoms with Crippen LogP contribution in [-0.4, -0.2) is 62.0 Å². The van der Waals surface area contributed by atoms with Crippen molar-refractivity contribution >= 4 is 58.6 Å². The van der Waals surface area contributed by atoms with Gasteiger partial charge in [0.1, 0.15) is 11.6 Å². The Balaban J connectivity index is 0.000000263. The molecule has 0 aliphatic carbocycles. The number of esters is 1. The van der Waals surface area contributed by atoms with E-state index in [2.05, 4.69) is 24.5 Å². The number of ether oxygens (including phenoxy) is 1. The fraction of sp³-hybridized carbons (Fsp3) is 0.371. The van der Waals surface area contributed by atoms with Crippen molar-refractivity contribution in [3.05, 3.63) is 215 Å². The molecule has 4 N–H and O–H groups in total. The van der Waals surface area contributed by atoms with Gasteiger partial charge in [0.2, 0.25) is 0 Å². The average molecular weight is 1230 g/mol. The standard InChI is InChI=1S/C35H46N2O5S.C21H29NO2S.C14H15NO2S/c1-6-7-8-9-13-24-37(30-20-18-29(19-21-30)26-43(40,41)31-22-16-27(2)17-23-31)34(39)36-32(33(38)42-35(3,4)5)25-28-14-11-10-12-15-28;1-3-4-5-6-7-16-22-20-12-10-19(11-13-20)17-25(23,24)21-14-8-18(2)9-15-21;1-11-2-8-14(9-3-11)18(16,17)10-12-4-6-13(15)7-5-12/h10-12,14-23,32H,6-9,13,24-26H2,1-5H3,(H,36,39);8-15,22H,3-7,16-17H2,1-2H3;2-9H,10,15H2,1H3/t32-;;/m1../s1. The van der Waals surface area contributed by atoms with Crippen LogP contribution in [-0.2, 0) is 62.7 Å². The van der Waals surface area contributed by atoms with Crippen molar-refractivity contribution in [2.24, 2.45) is 0 Å². The van der Waals surface area contributed by atoms with Crippen LogP contribution in [0, 0.1) is 20.8 Å². The van der Waals surface area contributed by atoms with Crippen molar-refractivity contribution in [1.29, 1.82) is 0 Å². The average Bonchev–Trinajstić information content (AvgIpc) is 3.23. The van der Waals surface area contributed by atoms with Gasteiger partial charge in [-0.15, -0.1) is 0 Å². The quantitative estimate of drug-likeness (QED) is 0.0251. The molecule has 0 spiro atoms. The number of urea groups is 1. The van der Waals surface area contributed by atoms with E-state index in [1.165, 1.54) is 32.1 Å². The number of aryl methyl sites for hydroxylation is 3. The van der Waals surface area contributed by atoms with Crippen LogP contribution >= 0.6 is 0 Å². The number of nitrogen functional groups attached to an aromatic ring is 1. The van der Waals surface area contributed by atoms with Crippen molar-refractivity contribution in [1.82, 2.24) is 5.32 Å². The molecule has 2 amide bonds. The number of nitrogens with one attached hydrogen (secondary N) is 2. The number of carbonyl (C=O) groups is 2. The van der Waals surface area contributed by atoms with E-state index in [0.717, 1.165) is 77.7 Å². The molecule has 0 unspecified atom stereocenters. The van der Waals surface area contributed by atoms with Crippen LogP contribution in [0.15, 0.2) is 191 Å². The molecule has 0 heterocycles. The van der Waals surface area contributed by atoms with E-state index in [4.69, 9.17) is 10.5 Å². The molecule has 86 heavy (non-hydrogen) atoms. The molecular weight excluding hydrogens is 1140 g/mol. The van der Waals surface area contributed by atoms with E-state index >= 15 is 0 Å². The Hall–Kier alpha value is -7.27. The van der Waals surface area contributed by atoms with Crippen molar-refractivity contribution in [3.8, 4) is 0 Å². The second-order valence-electron chi connectivity index (χ2n) is 23.0. The van der Waals surface area contributed by atoms with E-state index < -0.39 is 53.2 Å². The third-order valence-electron chi connectivity index (χ3n) is 14.0. The number of rotatable bonds is 27. The van der Waals surface area contributed by atoms with E-state index in [0.29, 0.717) is 39.7 Å². The third-order valence-corrected chi connectivity index (χ3v) is 19.1. The molecule has 7 rings (SSSR count). The highest BCUT2D eigenvalue weighted by atomic mass is 32.2. The number of carbonyl (C=O) groups excluding carboxylic acids is 2. The molecule has 13 nitrogen and oxygen atoms in total. The first-order chi connectivity index (χ1) is 40.9. The Labute approximate surface area is 514 Å². The lowest BCUT2D eigenvalue weighted by atomic mass is 10.1. The lowest BCUT2D eigenvalue weighted by Gasteiger charge is -2.28. The van der Waals surface area contributed by atoms with Gasteiger partial charge in [-0.05, 0) is 149 Å². The van der Waals surface area contributed by atoms with Gasteiger partial charge in [-0.3, -0.25) is 4.90 Å². The second kappa shape index (κ2) is 34.2. The van der Waals surface area contributed by atoms with Gasteiger partial charge in [-0.1, -0.05) is 185 Å². The van der Waals surface area contributed by atoms with Crippen LogP contribution in [0.2, 0.25) is 0 Å². The highest BCUT2D eigenvalue weighted by molar-refractivity contribution is 7.91. The summed E-state index contributed by atoms with van der Waals surface area (Å²) in [6.07, 6.45) is 11.7. The normalized spacial score (nSPS) is 11.9. The summed E-state index contributed by atoms with van der Waals surface area (Å²) in [5, 5.41) is 6.33. The zero-order valence-corrected chi connectivity index (χ0v) is 54.0. The topological polar surface area (TPSA) is 199 Å². The van der Waals surface area contributed by atoms with Crippen LogP contribution < -0.4 is 21.3 Å². The van der Waals surface area contributed by atoms with Gasteiger partial charge in [0.25, 0.3) is 0 Å². The Kier molecular flexibility index (Phi) is 27.6. The maximum Gasteiger partial charge on any atom is 0.329 e. The van der Waals surface area contributed by atoms with Crippen LogP contribution in [0.4, 0.5) is 21.9 Å². The second-order valence-corrected chi connectivity index (χ2v) is 28.9. The Morgan fingerprint density at radius 1 is 0.488 bits per heavy atom. The number of amides is 2. The molecule has 0 saturated heterocycles. The first-order valence-electron chi connectivity index (χ1n) is 29.9. The number of sulfone groups is 3. The molecule has 0 aromatic heterocycles. The summed E-state index contributed by atoms with van der Waals surface area (Å²) in [7, 11) is -10.1. The van der Waals surface area contributed by atoms with Gasteiger partial charge >= 0.3 is 12.0 Å². The van der Waals surface area contributed by atoms with E-state index in [-0.39, 0.29) is 22.2 Å². The van der Waals surface area contributed by atoms with Gasteiger partial charge in [-0.25, -0.2) is 34.8 Å². The van der Waals surface area contributed by atoms with Gasteiger partial charge in [0.15, 0.2) is 29.5 Å². The van der Waals surface area contributed by atoms with Crippen LogP contribution in [0.3, 0.4) is 0 Å². The van der Waals surface area contributed by atoms with E-state index in [1.54, 1.807) is 135 Å². The summed E-state index contributed by atoms with van der Waals surface area (Å²) in [5.41, 5.74) is 13.4. The first-order valence-corrected chi connectivity index (χ1v) is 34.8. The maximum atomic E-state index is 13.8. The fourth-order valence-electron chi connectivity index (χ4n) is 9.08. The highest BCUT2D eigenvalue weighted by Gasteiger charge is 2.29. The minimum Gasteiger partial charge on any atom is -0.458 e. The summed E-state index contributed by atoms with van der Waals surface area (Å²) in [6, 6.07) is 50.6. The summed E-state index contributed by atoms with van der Waals surface area (Å²) in [4.78, 5) is 29.6. The third kappa shape index (κ3) is 24.6. The monoisotopic (exact) mass is 1230 g/mol. The molecule has 0 aliphatic heterocycles. The lowest BCUT2D eigenvalue weighted by Crippen LogP contribution is -2.51. The van der Waals surface area contributed by atoms with Crippen molar-refractivity contribution < 1.29 is 39.6 Å². The largest absolute Gasteiger partial charge is 0.458 e. The van der Waals surface area contributed by atoms with Gasteiger partial charge in [0, 0.05) is 36.6 Å². The minimum atomic E-state index is -3.52. The van der Waals surface area contributed by atoms with E-state index in [9.17, 15) is 34.8 Å². The van der Waals surface area contributed by atoms with E-state index in [1.807, 2.05) is 87.5 Å². The molecule has 0 aliphatic rings. The molecule has 7 aromatic rings. The fourth-order valence-corrected chi connectivity index (χ4v) is 13.1. The molecule has 0 fully saturated rings. The Morgan fingerprint density at radius 2 is 0.884 bits per heavy atom. The predicted molar refractivity (Wildman–Crippen MR) is 352 cm³/mol. The number of anilines is 3. The minimum absolute atomic E-state index is 0.00363. The molecule has 0 saturated carbocycles. The lowest BCUT2D eigenvalue weighted by molar-refractivity contribution is -0.157. The molecule has 0 bridgehead atoms. The maximum absolute atomic E-state index is 13.8. The smallest absolute Gasteiger partial charge is 0.329 e. The number of hydrogen-bond donors (Lipinski definition) is 3. The van der Waals surface area contributed by atoms with Crippen LogP contribution in [0.5, 0.6) is 0 Å². The molecular formula is C70H90N4O9S3. The molecule has 1 atom stereocenters. The number of benzene rings is 7. The predicted octanol–water partition coefficient (Wildman–Crippen LogP) is 15.3. The van der Waals surface area contributed by atoms with Crippen molar-refractivity contribution in [3.63, 3.8) is 0 Å². The number of nitrogens with zero attached hydrogens (tertiary/aromatic N) is 1. The van der Waals surface area contributed by atoms with Crippen molar-refractivity contribution in [2.45, 2.75) is 170 Å². The Bertz CT molecular complexity index is 3500.